The first kappa shape index (κ1) is 36.2. The fourth-order valence-electron chi connectivity index (χ4n) is 6.07. The van der Waals surface area contributed by atoms with E-state index in [4.69, 9.17) is 18.1 Å². The molecule has 0 radical (unpaired) electrons. The molecule has 0 aliphatic rings. The number of hydrogen-bond acceptors (Lipinski definition) is 4. The lowest BCUT2D eigenvalue weighted by molar-refractivity contribution is 0.483. The van der Waals surface area contributed by atoms with Crippen LogP contribution in [0.2, 0.25) is 0 Å². The van der Waals surface area contributed by atoms with Crippen molar-refractivity contribution in [3.05, 3.63) is 231 Å². The lowest BCUT2D eigenvalue weighted by Gasteiger charge is -2.25. The van der Waals surface area contributed by atoms with E-state index >= 15 is 0 Å². The van der Waals surface area contributed by atoms with Crippen LogP contribution in [0.4, 0.5) is 0 Å². The highest BCUT2D eigenvalue weighted by atomic mass is 31.2. The van der Waals surface area contributed by atoms with Crippen LogP contribution >= 0.6 is 24.0 Å². The second-order valence-electron chi connectivity index (χ2n) is 12.5. The maximum Gasteiger partial charge on any atom is 0.428 e. The van der Waals surface area contributed by atoms with Gasteiger partial charge in [0, 0.05) is 33.4 Å². The van der Waals surface area contributed by atoms with Gasteiger partial charge in [-0.3, -0.25) is 9.05 Å². The van der Waals surface area contributed by atoms with Crippen molar-refractivity contribution in [1.29, 1.82) is 0 Å². The van der Waals surface area contributed by atoms with Crippen LogP contribution in [0.1, 0.15) is 0 Å². The van der Waals surface area contributed by atoms with Gasteiger partial charge in [0.05, 0.1) is 0 Å². The number of benzene rings is 8. The molecule has 7 heteroatoms. The molecule has 0 heterocycles. The minimum atomic E-state index is -3.09. The second kappa shape index (κ2) is 17.6. The molecule has 0 aliphatic heterocycles. The molecule has 8 aromatic rings. The highest BCUT2D eigenvalue weighted by Gasteiger charge is 2.51. The summed E-state index contributed by atoms with van der Waals surface area (Å²) in [6, 6.07) is 77.7. The van der Waals surface area contributed by atoms with Crippen LogP contribution in [-0.4, -0.2) is 0 Å². The first-order valence-electron chi connectivity index (χ1n) is 18.0. The summed E-state index contributed by atoms with van der Waals surface area (Å²) in [5, 5.41) is 6.37. The summed E-state index contributed by atoms with van der Waals surface area (Å²) >= 11 is 0. The lowest BCUT2D eigenvalue weighted by atomic mass is 10.3. The van der Waals surface area contributed by atoms with Crippen molar-refractivity contribution in [1.82, 2.24) is 0 Å². The third kappa shape index (κ3) is 8.81. The molecule has 0 aromatic heterocycles. The topological polar surface area (TPSA) is 36.9 Å². The zero-order chi connectivity index (χ0) is 37.1. The SMILES string of the molecule is c1ccc(P(Oc2cccc(O[P+](Oc3cccc(OP(c4ccccc4)c4ccccc4)c3)(c3ccccc3)c3ccccc3)c2)c2ccccc2)cc1. The standard InChI is InChI=1S/C48H38O4P3/c1-7-25-43(26-8-1)53(44-27-9-2-10-28-44)49-39-21-19-23-41(37-39)51-55(47-33-15-5-16-34-47,48-35-17-6-18-36-48)52-42-24-20-22-40(38-42)50-54(45-29-11-3-12-30-45)46-31-13-4-14-32-46/h1-38H/q+1. The highest BCUT2D eigenvalue weighted by molar-refractivity contribution is 7.81. The molecule has 0 spiro atoms. The van der Waals surface area contributed by atoms with Crippen LogP contribution < -0.4 is 49.9 Å². The average Bonchev–Trinajstić information content (AvgIpc) is 3.26. The van der Waals surface area contributed by atoms with Crippen LogP contribution in [0.3, 0.4) is 0 Å². The van der Waals surface area contributed by atoms with E-state index < -0.39 is 24.0 Å². The van der Waals surface area contributed by atoms with Crippen molar-refractivity contribution in [3.63, 3.8) is 0 Å². The van der Waals surface area contributed by atoms with Crippen molar-refractivity contribution in [2.45, 2.75) is 0 Å². The van der Waals surface area contributed by atoms with E-state index in [1.54, 1.807) is 0 Å². The molecular formula is C48H38O4P3+. The van der Waals surface area contributed by atoms with E-state index in [-0.39, 0.29) is 0 Å². The minimum Gasteiger partial charge on any atom is -0.464 e. The van der Waals surface area contributed by atoms with Crippen LogP contribution in [-0.2, 0) is 0 Å². The Labute approximate surface area is 326 Å². The van der Waals surface area contributed by atoms with Crippen LogP contribution in [0, 0.1) is 0 Å². The summed E-state index contributed by atoms with van der Waals surface area (Å²) in [4.78, 5) is 0. The van der Waals surface area contributed by atoms with Crippen LogP contribution in [0.15, 0.2) is 231 Å². The molecule has 0 saturated heterocycles. The number of rotatable bonds is 14. The van der Waals surface area contributed by atoms with E-state index in [2.05, 4.69) is 121 Å². The van der Waals surface area contributed by atoms with Gasteiger partial charge in [-0.2, -0.15) is 0 Å². The van der Waals surface area contributed by atoms with Gasteiger partial charge in [0.15, 0.2) is 38.4 Å². The zero-order valence-electron chi connectivity index (χ0n) is 29.9. The van der Waals surface area contributed by atoms with E-state index in [1.165, 1.54) is 0 Å². The third-order valence-electron chi connectivity index (χ3n) is 8.63. The molecule has 268 valence electrons. The van der Waals surface area contributed by atoms with Gasteiger partial charge >= 0.3 is 7.72 Å². The normalized spacial score (nSPS) is 11.2. The third-order valence-corrected chi connectivity index (χ3v) is 15.4. The summed E-state index contributed by atoms with van der Waals surface area (Å²) in [6.07, 6.45) is 0. The molecule has 8 rings (SSSR count). The Morgan fingerprint density at radius 1 is 0.273 bits per heavy atom. The molecular weight excluding hydrogens is 733 g/mol. The molecule has 0 unspecified atom stereocenters. The van der Waals surface area contributed by atoms with Crippen LogP contribution in [0.5, 0.6) is 23.0 Å². The average molecular weight is 772 g/mol. The Balaban J connectivity index is 1.16. The van der Waals surface area contributed by atoms with Crippen molar-refractivity contribution < 1.29 is 18.1 Å². The van der Waals surface area contributed by atoms with Crippen molar-refractivity contribution in [2.24, 2.45) is 0 Å². The van der Waals surface area contributed by atoms with E-state index in [0.717, 1.165) is 31.8 Å². The minimum absolute atomic E-state index is 0.638. The molecule has 0 fully saturated rings. The summed E-state index contributed by atoms with van der Waals surface area (Å²) in [5.74, 6) is 2.69. The molecule has 0 atom stereocenters. The molecule has 0 amide bonds. The predicted molar refractivity (Wildman–Crippen MR) is 233 cm³/mol. The molecule has 0 bridgehead atoms. The molecule has 0 N–H and O–H groups in total. The van der Waals surface area contributed by atoms with Gasteiger partial charge in [-0.15, -0.1) is 0 Å². The summed E-state index contributed by atoms with van der Waals surface area (Å²) in [7, 11) is -5.36. The molecule has 0 saturated carbocycles. The van der Waals surface area contributed by atoms with Crippen molar-refractivity contribution in [3.8, 4) is 23.0 Å². The zero-order valence-corrected chi connectivity index (χ0v) is 32.6. The van der Waals surface area contributed by atoms with E-state index in [0.29, 0.717) is 23.0 Å². The molecule has 55 heavy (non-hydrogen) atoms. The second-order valence-corrected chi connectivity index (χ2v) is 18.6. The van der Waals surface area contributed by atoms with Gasteiger partial charge in [-0.1, -0.05) is 170 Å². The van der Waals surface area contributed by atoms with E-state index in [9.17, 15) is 0 Å². The smallest absolute Gasteiger partial charge is 0.428 e. The fraction of sp³-hybridized carbons (Fsp3) is 0. The highest BCUT2D eigenvalue weighted by Crippen LogP contribution is 2.58. The Morgan fingerprint density at radius 3 is 0.855 bits per heavy atom. The number of hydrogen-bond donors (Lipinski definition) is 0. The van der Waals surface area contributed by atoms with Gasteiger partial charge in [0.25, 0.3) is 0 Å². The summed E-state index contributed by atoms with van der Waals surface area (Å²) in [5.41, 5.74) is 0. The van der Waals surface area contributed by atoms with Crippen molar-refractivity contribution >= 4 is 55.8 Å². The largest absolute Gasteiger partial charge is 0.464 e. The van der Waals surface area contributed by atoms with E-state index in [1.807, 2.05) is 109 Å². The fourth-order valence-corrected chi connectivity index (χ4v) is 12.2. The Bertz CT molecular complexity index is 2130. The van der Waals surface area contributed by atoms with Gasteiger partial charge in [-0.25, -0.2) is 0 Å². The molecule has 0 aliphatic carbocycles. The molecule has 4 nitrogen and oxygen atoms in total. The van der Waals surface area contributed by atoms with Gasteiger partial charge in [-0.05, 0) is 48.5 Å². The van der Waals surface area contributed by atoms with Gasteiger partial charge < -0.3 is 9.05 Å². The maximum absolute atomic E-state index is 7.25. The van der Waals surface area contributed by atoms with Crippen LogP contribution in [0.25, 0.3) is 0 Å². The first-order chi connectivity index (χ1) is 27.2. The predicted octanol–water partition coefficient (Wildman–Crippen LogP) is 10.5. The quantitative estimate of drug-likeness (QED) is 0.103. The first-order valence-corrected chi connectivity index (χ1v) is 22.1. The summed E-state index contributed by atoms with van der Waals surface area (Å²) < 4.78 is 28.2. The Kier molecular flexibility index (Phi) is 11.6. The lowest BCUT2D eigenvalue weighted by Crippen LogP contribution is -2.30. The monoisotopic (exact) mass is 771 g/mol. The van der Waals surface area contributed by atoms with Crippen molar-refractivity contribution in [2.75, 3.05) is 0 Å². The Hall–Kier alpha value is -5.75. The maximum atomic E-state index is 7.25. The van der Waals surface area contributed by atoms with Gasteiger partial charge in [0.2, 0.25) is 0 Å². The Morgan fingerprint density at radius 2 is 0.545 bits per heavy atom. The summed E-state index contributed by atoms with van der Waals surface area (Å²) in [6.45, 7) is 0. The molecule has 8 aromatic carbocycles. The van der Waals surface area contributed by atoms with Gasteiger partial charge in [0.1, 0.15) is 11.5 Å².